The molecule has 72 valence electrons. The standard InChI is InChI=1S/C11H18N2/c1-2-9-3-4-10-5-8(6-12)7-13-11(9)10/h8-11,13H,2-5,7H2,1H3. The van der Waals surface area contributed by atoms with E-state index in [1.54, 1.807) is 0 Å². The minimum Gasteiger partial charge on any atom is -0.312 e. The van der Waals surface area contributed by atoms with Gasteiger partial charge in [0.05, 0.1) is 12.0 Å². The maximum Gasteiger partial charge on any atom is 0.0669 e. The fourth-order valence-electron chi connectivity index (χ4n) is 3.05. The normalized spacial score (nSPS) is 44.0. The van der Waals surface area contributed by atoms with E-state index in [9.17, 15) is 0 Å². The zero-order valence-corrected chi connectivity index (χ0v) is 8.29. The number of nitrogens with one attached hydrogen (secondary N) is 1. The summed E-state index contributed by atoms with van der Waals surface area (Å²) in [4.78, 5) is 0. The molecule has 2 heteroatoms. The molecule has 2 aliphatic rings. The molecule has 0 aromatic rings. The zero-order chi connectivity index (χ0) is 9.26. The van der Waals surface area contributed by atoms with Crippen LogP contribution < -0.4 is 5.32 Å². The maximum atomic E-state index is 8.84. The molecule has 2 rings (SSSR count). The third kappa shape index (κ3) is 1.58. The Bertz CT molecular complexity index is 219. The largest absolute Gasteiger partial charge is 0.312 e. The number of nitriles is 1. The molecule has 2 nitrogen and oxygen atoms in total. The van der Waals surface area contributed by atoms with Crippen LogP contribution in [-0.2, 0) is 0 Å². The molecule has 1 N–H and O–H groups in total. The van der Waals surface area contributed by atoms with E-state index in [0.717, 1.165) is 30.8 Å². The van der Waals surface area contributed by atoms with Crippen LogP contribution in [0.5, 0.6) is 0 Å². The second-order valence-electron chi connectivity index (χ2n) is 4.50. The molecule has 0 amide bonds. The van der Waals surface area contributed by atoms with Crippen LogP contribution in [0.15, 0.2) is 0 Å². The molecule has 13 heavy (non-hydrogen) atoms. The van der Waals surface area contributed by atoms with Crippen LogP contribution in [0.25, 0.3) is 0 Å². The fourth-order valence-corrected chi connectivity index (χ4v) is 3.05. The summed E-state index contributed by atoms with van der Waals surface area (Å²) in [5.74, 6) is 1.95. The molecular weight excluding hydrogens is 160 g/mol. The van der Waals surface area contributed by atoms with Gasteiger partial charge in [0.1, 0.15) is 0 Å². The third-order valence-electron chi connectivity index (χ3n) is 3.82. The quantitative estimate of drug-likeness (QED) is 0.666. The van der Waals surface area contributed by atoms with E-state index in [1.807, 2.05) is 0 Å². The number of rotatable bonds is 1. The molecule has 0 bridgehead atoms. The van der Waals surface area contributed by atoms with E-state index in [0.29, 0.717) is 0 Å². The summed E-state index contributed by atoms with van der Waals surface area (Å²) in [6, 6.07) is 3.12. The number of hydrogen-bond donors (Lipinski definition) is 1. The van der Waals surface area contributed by atoms with Gasteiger partial charge in [-0.25, -0.2) is 0 Å². The Morgan fingerprint density at radius 1 is 1.46 bits per heavy atom. The summed E-state index contributed by atoms with van der Waals surface area (Å²) < 4.78 is 0. The van der Waals surface area contributed by atoms with Crippen molar-refractivity contribution in [1.82, 2.24) is 5.32 Å². The zero-order valence-electron chi connectivity index (χ0n) is 8.29. The van der Waals surface area contributed by atoms with E-state index in [1.165, 1.54) is 19.3 Å². The number of fused-ring (bicyclic) bond motifs is 1. The highest BCUT2D eigenvalue weighted by Gasteiger charge is 2.38. The Kier molecular flexibility index (Phi) is 2.55. The van der Waals surface area contributed by atoms with Gasteiger partial charge in [-0.05, 0) is 31.1 Å². The van der Waals surface area contributed by atoms with Crippen molar-refractivity contribution >= 4 is 0 Å². The fraction of sp³-hybridized carbons (Fsp3) is 0.909. The average Bonchev–Trinajstić information content (AvgIpc) is 2.59. The topological polar surface area (TPSA) is 35.8 Å². The lowest BCUT2D eigenvalue weighted by Crippen LogP contribution is -2.45. The first-order valence-corrected chi connectivity index (χ1v) is 5.48. The highest BCUT2D eigenvalue weighted by Crippen LogP contribution is 2.39. The van der Waals surface area contributed by atoms with Crippen LogP contribution in [0.3, 0.4) is 0 Å². The Hall–Kier alpha value is -0.550. The van der Waals surface area contributed by atoms with Gasteiger partial charge < -0.3 is 5.32 Å². The maximum absolute atomic E-state index is 8.84. The van der Waals surface area contributed by atoms with Crippen molar-refractivity contribution in [3.63, 3.8) is 0 Å². The van der Waals surface area contributed by atoms with Gasteiger partial charge in [0.15, 0.2) is 0 Å². The smallest absolute Gasteiger partial charge is 0.0669 e. The van der Waals surface area contributed by atoms with Crippen molar-refractivity contribution in [1.29, 1.82) is 5.26 Å². The van der Waals surface area contributed by atoms with Crippen molar-refractivity contribution in [2.75, 3.05) is 6.54 Å². The van der Waals surface area contributed by atoms with Crippen LogP contribution in [0.4, 0.5) is 0 Å². The van der Waals surface area contributed by atoms with Crippen LogP contribution >= 0.6 is 0 Å². The molecule has 1 saturated carbocycles. The summed E-state index contributed by atoms with van der Waals surface area (Å²) in [7, 11) is 0. The summed E-state index contributed by atoms with van der Waals surface area (Å²) in [5, 5.41) is 12.4. The van der Waals surface area contributed by atoms with Crippen molar-refractivity contribution < 1.29 is 0 Å². The second kappa shape index (κ2) is 3.67. The number of piperidine rings is 1. The van der Waals surface area contributed by atoms with Crippen LogP contribution in [0.1, 0.15) is 32.6 Å². The predicted molar refractivity (Wildman–Crippen MR) is 52.0 cm³/mol. The molecule has 2 fully saturated rings. The van der Waals surface area contributed by atoms with Gasteiger partial charge >= 0.3 is 0 Å². The predicted octanol–water partition coefficient (Wildman–Crippen LogP) is 1.92. The van der Waals surface area contributed by atoms with Crippen molar-refractivity contribution in [3.05, 3.63) is 0 Å². The first-order valence-electron chi connectivity index (χ1n) is 5.48. The molecular formula is C11H18N2. The highest BCUT2D eigenvalue weighted by molar-refractivity contribution is 4.99. The van der Waals surface area contributed by atoms with Crippen LogP contribution in [-0.4, -0.2) is 12.6 Å². The molecule has 0 radical (unpaired) electrons. The molecule has 1 heterocycles. The molecule has 1 saturated heterocycles. The Morgan fingerprint density at radius 3 is 3.00 bits per heavy atom. The van der Waals surface area contributed by atoms with Crippen LogP contribution in [0, 0.1) is 29.1 Å². The summed E-state index contributed by atoms with van der Waals surface area (Å²) in [5.41, 5.74) is 0. The van der Waals surface area contributed by atoms with Gasteiger partial charge in [0.25, 0.3) is 0 Å². The summed E-state index contributed by atoms with van der Waals surface area (Å²) in [6.45, 7) is 3.21. The molecule has 0 spiro atoms. The third-order valence-corrected chi connectivity index (χ3v) is 3.82. The van der Waals surface area contributed by atoms with Crippen molar-refractivity contribution in [2.45, 2.75) is 38.6 Å². The van der Waals surface area contributed by atoms with Gasteiger partial charge in [-0.2, -0.15) is 5.26 Å². The lowest BCUT2D eigenvalue weighted by molar-refractivity contribution is 0.242. The highest BCUT2D eigenvalue weighted by atomic mass is 15.0. The molecule has 1 aliphatic heterocycles. The van der Waals surface area contributed by atoms with Crippen molar-refractivity contribution in [2.24, 2.45) is 17.8 Å². The lowest BCUT2D eigenvalue weighted by Gasteiger charge is -2.32. The van der Waals surface area contributed by atoms with Crippen molar-refractivity contribution in [3.8, 4) is 6.07 Å². The van der Waals surface area contributed by atoms with E-state index in [4.69, 9.17) is 5.26 Å². The van der Waals surface area contributed by atoms with E-state index < -0.39 is 0 Å². The molecule has 0 aromatic carbocycles. The van der Waals surface area contributed by atoms with Gasteiger partial charge in [-0.3, -0.25) is 0 Å². The second-order valence-corrected chi connectivity index (χ2v) is 4.50. The monoisotopic (exact) mass is 178 g/mol. The first-order chi connectivity index (χ1) is 6.35. The molecule has 4 atom stereocenters. The SMILES string of the molecule is CCC1CCC2CC(C#N)CNC12. The number of nitrogens with zero attached hydrogens (tertiary/aromatic N) is 1. The first kappa shape index (κ1) is 9.02. The average molecular weight is 178 g/mol. The molecule has 1 aliphatic carbocycles. The van der Waals surface area contributed by atoms with Crippen LogP contribution in [0.2, 0.25) is 0 Å². The minimum atomic E-state index is 0.275. The van der Waals surface area contributed by atoms with Gasteiger partial charge in [0.2, 0.25) is 0 Å². The Balaban J connectivity index is 1.98. The Labute approximate surface area is 80.3 Å². The van der Waals surface area contributed by atoms with Gasteiger partial charge in [-0.15, -0.1) is 0 Å². The minimum absolute atomic E-state index is 0.275. The van der Waals surface area contributed by atoms with E-state index >= 15 is 0 Å². The summed E-state index contributed by atoms with van der Waals surface area (Å²) >= 11 is 0. The van der Waals surface area contributed by atoms with Gasteiger partial charge in [-0.1, -0.05) is 13.3 Å². The summed E-state index contributed by atoms with van der Waals surface area (Å²) in [6.07, 6.45) is 5.15. The molecule has 0 aromatic heterocycles. The molecule has 4 unspecified atom stereocenters. The van der Waals surface area contributed by atoms with E-state index in [-0.39, 0.29) is 5.92 Å². The van der Waals surface area contributed by atoms with E-state index in [2.05, 4.69) is 18.3 Å². The lowest BCUT2D eigenvalue weighted by atomic mass is 9.84. The van der Waals surface area contributed by atoms with Gasteiger partial charge in [0, 0.05) is 12.6 Å². The Morgan fingerprint density at radius 2 is 2.31 bits per heavy atom. The number of hydrogen-bond acceptors (Lipinski definition) is 2.